The largest absolute Gasteiger partial charge is 0.507 e. The molecule has 0 spiro atoms. The van der Waals surface area contributed by atoms with Gasteiger partial charge in [0, 0.05) is 12.1 Å². The van der Waals surface area contributed by atoms with Gasteiger partial charge in [0.05, 0.1) is 5.56 Å². The number of amides is 1. The van der Waals surface area contributed by atoms with Gasteiger partial charge in [-0.3, -0.25) is 4.79 Å². The van der Waals surface area contributed by atoms with Crippen molar-refractivity contribution in [2.75, 3.05) is 6.54 Å². The van der Waals surface area contributed by atoms with Crippen molar-refractivity contribution in [1.29, 1.82) is 0 Å². The topological polar surface area (TPSA) is 49.3 Å². The van der Waals surface area contributed by atoms with Crippen LogP contribution < -0.4 is 5.32 Å². The molecule has 0 saturated heterocycles. The van der Waals surface area contributed by atoms with Gasteiger partial charge in [0.1, 0.15) is 17.4 Å². The molecule has 3 nitrogen and oxygen atoms in total. The Bertz CT molecular complexity index is 666. The van der Waals surface area contributed by atoms with Crippen molar-refractivity contribution in [3.05, 3.63) is 64.7 Å². The Kier molecular flexibility index (Phi) is 5.09. The molecule has 0 saturated carbocycles. The van der Waals surface area contributed by atoms with E-state index in [1.165, 1.54) is 24.3 Å². The number of aryl methyl sites for hydroxylation is 1. The van der Waals surface area contributed by atoms with Crippen LogP contribution in [-0.2, 0) is 12.8 Å². The first-order valence-corrected chi connectivity index (χ1v) is 7.06. The third kappa shape index (κ3) is 3.61. The SMILES string of the molecule is CCc1ccc(O)c(C(=O)NCCc2c(F)cccc2F)c1. The lowest BCUT2D eigenvalue weighted by Crippen LogP contribution is -2.26. The molecule has 0 aromatic heterocycles. The van der Waals surface area contributed by atoms with E-state index in [1.54, 1.807) is 12.1 Å². The highest BCUT2D eigenvalue weighted by Crippen LogP contribution is 2.19. The predicted octanol–water partition coefficient (Wildman–Crippen LogP) is 3.21. The Hall–Kier alpha value is -2.43. The maximum Gasteiger partial charge on any atom is 0.255 e. The number of aromatic hydroxyl groups is 1. The summed E-state index contributed by atoms with van der Waals surface area (Å²) in [4.78, 5) is 12.0. The van der Waals surface area contributed by atoms with Crippen LogP contribution in [0.5, 0.6) is 5.75 Å². The van der Waals surface area contributed by atoms with Gasteiger partial charge in [0.15, 0.2) is 0 Å². The van der Waals surface area contributed by atoms with Crippen LogP contribution in [0.25, 0.3) is 0 Å². The van der Waals surface area contributed by atoms with Gasteiger partial charge in [-0.25, -0.2) is 8.78 Å². The van der Waals surface area contributed by atoms with E-state index >= 15 is 0 Å². The lowest BCUT2D eigenvalue weighted by molar-refractivity contribution is 0.0951. The quantitative estimate of drug-likeness (QED) is 0.891. The van der Waals surface area contributed by atoms with Gasteiger partial charge in [-0.15, -0.1) is 0 Å². The Morgan fingerprint density at radius 1 is 1.18 bits per heavy atom. The smallest absolute Gasteiger partial charge is 0.255 e. The minimum atomic E-state index is -0.634. The average Bonchev–Trinajstić information content (AvgIpc) is 2.50. The molecule has 0 aliphatic carbocycles. The van der Waals surface area contributed by atoms with E-state index in [-0.39, 0.29) is 29.8 Å². The van der Waals surface area contributed by atoms with Gasteiger partial charge in [-0.1, -0.05) is 19.1 Å². The van der Waals surface area contributed by atoms with Crippen LogP contribution in [0, 0.1) is 11.6 Å². The molecule has 0 atom stereocenters. The van der Waals surface area contributed by atoms with Crippen molar-refractivity contribution in [3.8, 4) is 5.75 Å². The van der Waals surface area contributed by atoms with E-state index in [9.17, 15) is 18.7 Å². The second-order valence-corrected chi connectivity index (χ2v) is 4.91. The van der Waals surface area contributed by atoms with Crippen molar-refractivity contribution in [2.24, 2.45) is 0 Å². The molecular formula is C17H17F2NO2. The van der Waals surface area contributed by atoms with Crippen molar-refractivity contribution >= 4 is 5.91 Å². The summed E-state index contributed by atoms with van der Waals surface area (Å²) in [6.07, 6.45) is 0.777. The summed E-state index contributed by atoms with van der Waals surface area (Å²) in [6.45, 7) is 2.02. The predicted molar refractivity (Wildman–Crippen MR) is 79.9 cm³/mol. The molecule has 22 heavy (non-hydrogen) atoms. The Morgan fingerprint density at radius 2 is 1.86 bits per heavy atom. The van der Waals surface area contributed by atoms with Gasteiger partial charge in [0.2, 0.25) is 0 Å². The molecule has 0 aliphatic rings. The number of nitrogens with one attached hydrogen (secondary N) is 1. The van der Waals surface area contributed by atoms with E-state index < -0.39 is 17.5 Å². The number of phenols is 1. The van der Waals surface area contributed by atoms with E-state index in [1.807, 2.05) is 6.92 Å². The number of hydrogen-bond acceptors (Lipinski definition) is 2. The molecular weight excluding hydrogens is 288 g/mol. The normalized spacial score (nSPS) is 10.5. The van der Waals surface area contributed by atoms with Gasteiger partial charge in [0.25, 0.3) is 5.91 Å². The first-order valence-electron chi connectivity index (χ1n) is 7.06. The van der Waals surface area contributed by atoms with Crippen molar-refractivity contribution in [3.63, 3.8) is 0 Å². The van der Waals surface area contributed by atoms with Crippen LogP contribution in [0.1, 0.15) is 28.4 Å². The summed E-state index contributed by atoms with van der Waals surface area (Å²) in [5.41, 5.74) is 1.02. The molecule has 0 fully saturated rings. The number of halogens is 2. The van der Waals surface area contributed by atoms with Crippen LogP contribution in [-0.4, -0.2) is 17.6 Å². The number of benzene rings is 2. The molecule has 2 aromatic carbocycles. The monoisotopic (exact) mass is 305 g/mol. The fourth-order valence-corrected chi connectivity index (χ4v) is 2.15. The number of rotatable bonds is 5. The van der Waals surface area contributed by atoms with Crippen molar-refractivity contribution < 1.29 is 18.7 Å². The molecule has 2 aromatic rings. The summed E-state index contributed by atoms with van der Waals surface area (Å²) in [7, 11) is 0. The molecule has 0 aliphatic heterocycles. The zero-order valence-corrected chi connectivity index (χ0v) is 12.2. The van der Waals surface area contributed by atoms with Gasteiger partial charge >= 0.3 is 0 Å². The highest BCUT2D eigenvalue weighted by molar-refractivity contribution is 5.97. The zero-order chi connectivity index (χ0) is 16.1. The zero-order valence-electron chi connectivity index (χ0n) is 12.2. The molecule has 0 radical (unpaired) electrons. The lowest BCUT2D eigenvalue weighted by Gasteiger charge is -2.09. The minimum Gasteiger partial charge on any atom is -0.507 e. The van der Waals surface area contributed by atoms with Crippen molar-refractivity contribution in [1.82, 2.24) is 5.32 Å². The van der Waals surface area contributed by atoms with E-state index in [0.717, 1.165) is 12.0 Å². The van der Waals surface area contributed by atoms with E-state index in [4.69, 9.17) is 0 Å². The van der Waals surface area contributed by atoms with E-state index in [0.29, 0.717) is 0 Å². The maximum absolute atomic E-state index is 13.5. The number of carbonyl (C=O) groups excluding carboxylic acids is 1. The fourth-order valence-electron chi connectivity index (χ4n) is 2.15. The van der Waals surface area contributed by atoms with Gasteiger partial charge in [-0.05, 0) is 42.7 Å². The van der Waals surface area contributed by atoms with Crippen LogP contribution >= 0.6 is 0 Å². The molecule has 5 heteroatoms. The summed E-state index contributed by atoms with van der Waals surface area (Å²) < 4.78 is 26.9. The summed E-state index contributed by atoms with van der Waals surface area (Å²) in [6, 6.07) is 8.45. The first-order chi connectivity index (χ1) is 10.5. The van der Waals surface area contributed by atoms with E-state index in [2.05, 4.69) is 5.32 Å². The second-order valence-electron chi connectivity index (χ2n) is 4.91. The van der Waals surface area contributed by atoms with Crippen LogP contribution in [0.3, 0.4) is 0 Å². The average molecular weight is 305 g/mol. The Labute approximate surface area is 127 Å². The highest BCUT2D eigenvalue weighted by Gasteiger charge is 2.13. The second kappa shape index (κ2) is 7.02. The Morgan fingerprint density at radius 3 is 2.50 bits per heavy atom. The van der Waals surface area contributed by atoms with Crippen LogP contribution in [0.4, 0.5) is 8.78 Å². The third-order valence-electron chi connectivity index (χ3n) is 3.44. The summed E-state index contributed by atoms with van der Waals surface area (Å²) >= 11 is 0. The standard InChI is InChI=1S/C17H17F2NO2/c1-2-11-6-7-16(21)13(10-11)17(22)20-9-8-12-14(18)4-3-5-15(12)19/h3-7,10,21H,2,8-9H2,1H3,(H,20,22). The van der Waals surface area contributed by atoms with Crippen LogP contribution in [0.2, 0.25) is 0 Å². The van der Waals surface area contributed by atoms with Crippen LogP contribution in [0.15, 0.2) is 36.4 Å². The number of phenolic OH excluding ortho intramolecular Hbond substituents is 1. The van der Waals surface area contributed by atoms with Crippen molar-refractivity contribution in [2.45, 2.75) is 19.8 Å². The first kappa shape index (κ1) is 15.9. The molecule has 0 unspecified atom stereocenters. The summed E-state index contributed by atoms with van der Waals surface area (Å²) in [5, 5.41) is 12.3. The Balaban J connectivity index is 2.02. The molecule has 0 heterocycles. The number of hydrogen-bond donors (Lipinski definition) is 2. The summed E-state index contributed by atoms with van der Waals surface area (Å²) in [5.74, 6) is -1.86. The lowest BCUT2D eigenvalue weighted by atomic mass is 10.1. The molecule has 0 bridgehead atoms. The third-order valence-corrected chi connectivity index (χ3v) is 3.44. The van der Waals surface area contributed by atoms with Gasteiger partial charge < -0.3 is 10.4 Å². The maximum atomic E-state index is 13.5. The van der Waals surface area contributed by atoms with Gasteiger partial charge in [-0.2, -0.15) is 0 Å². The molecule has 1 amide bonds. The highest BCUT2D eigenvalue weighted by atomic mass is 19.1. The minimum absolute atomic E-state index is 0.0402. The molecule has 116 valence electrons. The molecule has 2 rings (SSSR count). The number of carbonyl (C=O) groups is 1. The molecule has 2 N–H and O–H groups in total. The fraction of sp³-hybridized carbons (Fsp3) is 0.235.